The number of nitrogens with zero attached hydrogens (tertiary/aromatic N) is 2. The molecule has 0 bridgehead atoms. The minimum absolute atomic E-state index is 0.177. The van der Waals surface area contributed by atoms with Crippen molar-refractivity contribution in [2.45, 2.75) is 26.7 Å². The highest BCUT2D eigenvalue weighted by Crippen LogP contribution is 2.35. The largest absolute Gasteiger partial charge is 0.396 e. The number of aromatic nitrogens is 2. The number of rotatable bonds is 4. The minimum Gasteiger partial charge on any atom is -0.396 e. The van der Waals surface area contributed by atoms with Crippen LogP contribution >= 0.6 is 11.3 Å². The van der Waals surface area contributed by atoms with Gasteiger partial charge in [0.15, 0.2) is 0 Å². The molecule has 0 aliphatic heterocycles. The second kappa shape index (κ2) is 5.59. The highest BCUT2D eigenvalue weighted by Gasteiger charge is 2.21. The van der Waals surface area contributed by atoms with Crippen LogP contribution in [0.1, 0.15) is 30.3 Å². The molecule has 1 N–H and O–H groups in total. The molecule has 0 fully saturated rings. The van der Waals surface area contributed by atoms with Crippen LogP contribution in [-0.4, -0.2) is 21.7 Å². The summed E-state index contributed by atoms with van der Waals surface area (Å²) in [4.78, 5) is 9.82. The lowest BCUT2D eigenvalue weighted by atomic mass is 9.94. The molecule has 3 nitrogen and oxygen atoms in total. The number of aliphatic hydroxyl groups is 1. The molecule has 2 aromatic heterocycles. The third-order valence-corrected chi connectivity index (χ3v) is 4.44. The van der Waals surface area contributed by atoms with Crippen LogP contribution in [0.25, 0.3) is 10.6 Å². The van der Waals surface area contributed by atoms with Crippen LogP contribution in [0.3, 0.4) is 0 Å². The average Bonchev–Trinajstić information content (AvgIpc) is 2.73. The van der Waals surface area contributed by atoms with Crippen LogP contribution in [0.2, 0.25) is 0 Å². The SMILES string of the molecule is Cc1nc(-c2ccncc2)sc1C(CO)C(C)C. The van der Waals surface area contributed by atoms with E-state index in [2.05, 4.69) is 23.8 Å². The molecule has 1 unspecified atom stereocenters. The lowest BCUT2D eigenvalue weighted by Crippen LogP contribution is -2.10. The molecule has 0 saturated carbocycles. The molecule has 0 radical (unpaired) electrons. The Balaban J connectivity index is 2.38. The monoisotopic (exact) mass is 262 g/mol. The number of hydrogen-bond acceptors (Lipinski definition) is 4. The Labute approximate surface area is 112 Å². The van der Waals surface area contributed by atoms with Gasteiger partial charge in [-0.3, -0.25) is 4.98 Å². The Hall–Kier alpha value is -1.26. The molecule has 0 saturated heterocycles. The zero-order valence-electron chi connectivity index (χ0n) is 10.9. The maximum atomic E-state index is 9.52. The van der Waals surface area contributed by atoms with E-state index in [4.69, 9.17) is 0 Å². The predicted molar refractivity (Wildman–Crippen MR) is 74.7 cm³/mol. The van der Waals surface area contributed by atoms with Crippen LogP contribution in [0.4, 0.5) is 0 Å². The molecule has 0 amide bonds. The van der Waals surface area contributed by atoms with E-state index in [1.807, 2.05) is 19.1 Å². The van der Waals surface area contributed by atoms with E-state index in [1.54, 1.807) is 23.7 Å². The summed E-state index contributed by atoms with van der Waals surface area (Å²) in [5.74, 6) is 0.595. The molecule has 1 atom stereocenters. The molecule has 18 heavy (non-hydrogen) atoms. The molecule has 0 spiro atoms. The Morgan fingerprint density at radius 2 is 1.94 bits per heavy atom. The topological polar surface area (TPSA) is 46.0 Å². The number of aliphatic hydroxyl groups excluding tert-OH is 1. The minimum atomic E-state index is 0.177. The highest BCUT2D eigenvalue weighted by atomic mass is 32.1. The molecule has 0 aromatic carbocycles. The summed E-state index contributed by atoms with van der Waals surface area (Å²) >= 11 is 1.67. The third-order valence-electron chi connectivity index (χ3n) is 3.10. The first-order valence-corrected chi connectivity index (χ1v) is 6.93. The van der Waals surface area contributed by atoms with Crippen molar-refractivity contribution in [2.75, 3.05) is 6.61 Å². The Kier molecular flexibility index (Phi) is 4.09. The van der Waals surface area contributed by atoms with Crippen molar-refractivity contribution < 1.29 is 5.11 Å². The van der Waals surface area contributed by atoms with Gasteiger partial charge in [-0.15, -0.1) is 11.3 Å². The number of hydrogen-bond donors (Lipinski definition) is 1. The first-order chi connectivity index (χ1) is 8.63. The Morgan fingerprint density at radius 3 is 2.50 bits per heavy atom. The Bertz CT molecular complexity index is 508. The van der Waals surface area contributed by atoms with Gasteiger partial charge in [0.25, 0.3) is 0 Å². The highest BCUT2D eigenvalue weighted by molar-refractivity contribution is 7.15. The summed E-state index contributed by atoms with van der Waals surface area (Å²) in [6.45, 7) is 6.45. The van der Waals surface area contributed by atoms with Gasteiger partial charge in [0.2, 0.25) is 0 Å². The maximum Gasteiger partial charge on any atom is 0.123 e. The smallest absolute Gasteiger partial charge is 0.123 e. The van der Waals surface area contributed by atoms with Crippen molar-refractivity contribution in [3.63, 3.8) is 0 Å². The lowest BCUT2D eigenvalue weighted by Gasteiger charge is -2.16. The van der Waals surface area contributed by atoms with E-state index in [0.717, 1.165) is 16.3 Å². The second-order valence-corrected chi connectivity index (χ2v) is 5.77. The molecule has 0 aliphatic carbocycles. The molecular formula is C14H18N2OS. The first kappa shape index (κ1) is 13.2. The van der Waals surface area contributed by atoms with Gasteiger partial charge in [-0.05, 0) is 25.0 Å². The fraction of sp³-hybridized carbons (Fsp3) is 0.429. The van der Waals surface area contributed by atoms with Gasteiger partial charge in [-0.1, -0.05) is 13.8 Å². The van der Waals surface area contributed by atoms with Gasteiger partial charge >= 0.3 is 0 Å². The zero-order valence-corrected chi connectivity index (χ0v) is 11.7. The molecule has 2 rings (SSSR count). The normalized spacial score (nSPS) is 12.9. The maximum absolute atomic E-state index is 9.52. The molecule has 2 aromatic rings. The van der Waals surface area contributed by atoms with E-state index in [9.17, 15) is 5.11 Å². The number of aryl methyl sites for hydroxylation is 1. The summed E-state index contributed by atoms with van der Waals surface area (Å²) in [5.41, 5.74) is 2.12. The molecule has 2 heterocycles. The van der Waals surface area contributed by atoms with E-state index in [1.165, 1.54) is 4.88 Å². The summed E-state index contributed by atoms with van der Waals surface area (Å²) in [6.07, 6.45) is 3.55. The van der Waals surface area contributed by atoms with Crippen molar-refractivity contribution >= 4 is 11.3 Å². The predicted octanol–water partition coefficient (Wildman–Crippen LogP) is 3.25. The van der Waals surface area contributed by atoms with E-state index in [0.29, 0.717) is 5.92 Å². The van der Waals surface area contributed by atoms with Gasteiger partial charge in [0.05, 0.1) is 12.3 Å². The molecule has 96 valence electrons. The van der Waals surface area contributed by atoms with Crippen molar-refractivity contribution in [3.8, 4) is 10.6 Å². The average molecular weight is 262 g/mol. The summed E-state index contributed by atoms with van der Waals surface area (Å²) in [7, 11) is 0. The fourth-order valence-corrected chi connectivity index (χ4v) is 3.30. The second-order valence-electron chi connectivity index (χ2n) is 4.74. The quantitative estimate of drug-likeness (QED) is 0.920. The third kappa shape index (κ3) is 2.60. The van der Waals surface area contributed by atoms with E-state index < -0.39 is 0 Å². The van der Waals surface area contributed by atoms with Crippen LogP contribution in [0.15, 0.2) is 24.5 Å². The van der Waals surface area contributed by atoms with Gasteiger partial charge in [-0.2, -0.15) is 0 Å². The fourth-order valence-electron chi connectivity index (χ4n) is 1.97. The Morgan fingerprint density at radius 1 is 1.28 bits per heavy atom. The number of pyridine rings is 1. The first-order valence-electron chi connectivity index (χ1n) is 6.12. The van der Waals surface area contributed by atoms with Gasteiger partial charge in [0.1, 0.15) is 5.01 Å². The van der Waals surface area contributed by atoms with Gasteiger partial charge in [-0.25, -0.2) is 4.98 Å². The molecular weight excluding hydrogens is 244 g/mol. The van der Waals surface area contributed by atoms with E-state index >= 15 is 0 Å². The standard InChI is InChI=1S/C14H18N2OS/c1-9(2)12(8-17)13-10(3)16-14(18-13)11-4-6-15-7-5-11/h4-7,9,12,17H,8H2,1-3H3. The van der Waals surface area contributed by atoms with Gasteiger partial charge in [0, 0.05) is 28.8 Å². The lowest BCUT2D eigenvalue weighted by molar-refractivity contribution is 0.239. The van der Waals surface area contributed by atoms with Crippen molar-refractivity contribution in [1.82, 2.24) is 9.97 Å². The van der Waals surface area contributed by atoms with Crippen molar-refractivity contribution in [3.05, 3.63) is 35.1 Å². The van der Waals surface area contributed by atoms with Crippen LogP contribution in [-0.2, 0) is 0 Å². The summed E-state index contributed by atoms with van der Waals surface area (Å²) in [5, 5.41) is 10.5. The van der Waals surface area contributed by atoms with Crippen LogP contribution in [0, 0.1) is 12.8 Å². The van der Waals surface area contributed by atoms with E-state index in [-0.39, 0.29) is 12.5 Å². The van der Waals surface area contributed by atoms with Crippen LogP contribution in [0.5, 0.6) is 0 Å². The van der Waals surface area contributed by atoms with Crippen LogP contribution < -0.4 is 0 Å². The number of thiazole rings is 1. The van der Waals surface area contributed by atoms with Crippen molar-refractivity contribution in [2.24, 2.45) is 5.92 Å². The molecule has 0 aliphatic rings. The molecule has 4 heteroatoms. The van der Waals surface area contributed by atoms with Gasteiger partial charge < -0.3 is 5.11 Å². The summed E-state index contributed by atoms with van der Waals surface area (Å²) in [6, 6.07) is 3.93. The zero-order chi connectivity index (χ0) is 13.1. The van der Waals surface area contributed by atoms with Crippen molar-refractivity contribution in [1.29, 1.82) is 0 Å². The summed E-state index contributed by atoms with van der Waals surface area (Å²) < 4.78 is 0.